The molecule has 0 aromatic heterocycles. The van der Waals surface area contributed by atoms with E-state index in [0.29, 0.717) is 5.69 Å². The lowest BCUT2D eigenvalue weighted by molar-refractivity contribution is 0.412. The lowest BCUT2D eigenvalue weighted by atomic mass is 10.3. The molecule has 0 aliphatic carbocycles. The van der Waals surface area contributed by atoms with Crippen molar-refractivity contribution in [2.24, 2.45) is 0 Å². The van der Waals surface area contributed by atoms with Gasteiger partial charge in [-0.2, -0.15) is 3.89 Å². The summed E-state index contributed by atoms with van der Waals surface area (Å²) in [5.41, 5.74) is 0.519. The first-order valence-electron chi connectivity index (χ1n) is 3.73. The van der Waals surface area contributed by atoms with Crippen LogP contribution in [0.15, 0.2) is 30.3 Å². The van der Waals surface area contributed by atoms with E-state index < -0.39 is 14.2 Å². The summed E-state index contributed by atoms with van der Waals surface area (Å²) in [7, 11) is -1.30. The van der Waals surface area contributed by atoms with Crippen molar-refractivity contribution in [1.29, 1.82) is 0 Å². The number of hydrogen-bond donors (Lipinski definition) is 1. The molecule has 0 fully saturated rings. The van der Waals surface area contributed by atoms with E-state index in [0.717, 1.165) is 0 Å². The molecule has 80 valence electrons. The van der Waals surface area contributed by atoms with Crippen LogP contribution in [0.3, 0.4) is 0 Å². The molecule has 6 heteroatoms. The summed E-state index contributed by atoms with van der Waals surface area (Å²) < 4.78 is 30.3. The van der Waals surface area contributed by atoms with E-state index in [4.69, 9.17) is 4.55 Å². The molecule has 2 N–H and O–H groups in total. The fourth-order valence-corrected chi connectivity index (χ4v) is 1.31. The van der Waals surface area contributed by atoms with E-state index in [1.54, 1.807) is 30.3 Å². The van der Waals surface area contributed by atoms with Gasteiger partial charge in [-0.3, -0.25) is 0 Å². The van der Waals surface area contributed by atoms with Crippen LogP contribution in [-0.2, 0) is 10.3 Å². The van der Waals surface area contributed by atoms with Crippen LogP contribution < -0.4 is 3.89 Å². The highest BCUT2D eigenvalue weighted by atomic mass is 32.2. The zero-order valence-corrected chi connectivity index (χ0v) is 8.77. The zero-order chi connectivity index (χ0) is 10.1. The molecule has 1 rings (SSSR count). The molecule has 0 bridgehead atoms. The summed E-state index contributed by atoms with van der Waals surface area (Å²) >= 11 is 0. The van der Waals surface area contributed by atoms with E-state index in [-0.39, 0.29) is 5.48 Å². The summed E-state index contributed by atoms with van der Waals surface area (Å²) in [5, 5.41) is 0. The number of hydrogen-bond acceptors (Lipinski definition) is 3. The summed E-state index contributed by atoms with van der Waals surface area (Å²) in [6.07, 6.45) is 0. The summed E-state index contributed by atoms with van der Waals surface area (Å²) in [4.78, 5) is 0. The van der Waals surface area contributed by atoms with Gasteiger partial charge >= 0.3 is 10.3 Å². The Labute approximate surface area is 83.4 Å². The topological polar surface area (TPSA) is 84.4 Å². The minimum absolute atomic E-state index is 0. The highest BCUT2D eigenvalue weighted by Gasteiger charge is 2.33. The fraction of sp³-hybridized carbons (Fsp3) is 0.250. The lowest BCUT2D eigenvalue weighted by Crippen LogP contribution is -2.45. The minimum atomic E-state index is -4.12. The quantitative estimate of drug-likeness (QED) is 0.591. The Hall–Kier alpha value is -0.950. The molecule has 0 radical (unpaired) electrons. The Morgan fingerprint density at radius 3 is 1.93 bits per heavy atom. The highest BCUT2D eigenvalue weighted by molar-refractivity contribution is 7.85. The second-order valence-corrected chi connectivity index (χ2v) is 4.94. The van der Waals surface area contributed by atoms with Gasteiger partial charge in [0.15, 0.2) is 0 Å². The van der Waals surface area contributed by atoms with E-state index >= 15 is 0 Å². The van der Waals surface area contributed by atoms with Gasteiger partial charge in [0.25, 0.3) is 0 Å². The SMILES string of the molecule is C[N+](C)(c1ccccc1)S(=O)(=O)O.[OH-]. The molecule has 0 heterocycles. The van der Waals surface area contributed by atoms with E-state index in [2.05, 4.69) is 0 Å². The van der Waals surface area contributed by atoms with Gasteiger partial charge < -0.3 is 5.48 Å². The van der Waals surface area contributed by atoms with Gasteiger partial charge in [0, 0.05) is 12.1 Å². The van der Waals surface area contributed by atoms with Crippen molar-refractivity contribution in [2.75, 3.05) is 14.1 Å². The average Bonchev–Trinajstić information content (AvgIpc) is 2.04. The zero-order valence-electron chi connectivity index (χ0n) is 7.95. The maximum Gasteiger partial charge on any atom is 0.437 e. The lowest BCUT2D eigenvalue weighted by Gasteiger charge is -2.23. The van der Waals surface area contributed by atoms with Gasteiger partial charge in [0.2, 0.25) is 0 Å². The fourth-order valence-electron chi connectivity index (χ4n) is 0.920. The van der Waals surface area contributed by atoms with Gasteiger partial charge in [-0.25, -0.2) is 4.55 Å². The van der Waals surface area contributed by atoms with Crippen molar-refractivity contribution >= 4 is 16.0 Å². The second-order valence-electron chi connectivity index (χ2n) is 3.13. The van der Waals surface area contributed by atoms with Crippen molar-refractivity contribution in [3.05, 3.63) is 30.3 Å². The highest BCUT2D eigenvalue weighted by Crippen LogP contribution is 2.20. The summed E-state index contributed by atoms with van der Waals surface area (Å²) in [6, 6.07) is 8.52. The Balaban J connectivity index is 0.00000169. The van der Waals surface area contributed by atoms with Crippen molar-refractivity contribution in [1.82, 2.24) is 3.89 Å². The molecule has 1 aromatic carbocycles. The first kappa shape index (κ1) is 13.1. The number of rotatable bonds is 2. The predicted octanol–water partition coefficient (Wildman–Crippen LogP) is 0.879. The first-order valence-corrected chi connectivity index (χ1v) is 5.12. The molecule has 0 saturated carbocycles. The Morgan fingerprint density at radius 2 is 1.57 bits per heavy atom. The molecule has 0 amide bonds. The third-order valence-electron chi connectivity index (χ3n) is 1.95. The van der Waals surface area contributed by atoms with Gasteiger partial charge in [-0.05, 0) is 0 Å². The number of para-hydroxylation sites is 1. The number of quaternary nitrogens is 1. The summed E-state index contributed by atoms with van der Waals surface area (Å²) in [6.45, 7) is 0. The van der Waals surface area contributed by atoms with Crippen molar-refractivity contribution in [2.45, 2.75) is 0 Å². The normalized spacial score (nSPS) is 11.9. The summed E-state index contributed by atoms with van der Waals surface area (Å²) in [5.74, 6) is 0. The Kier molecular flexibility index (Phi) is 3.78. The molecule has 0 saturated heterocycles. The Morgan fingerprint density at radius 1 is 1.14 bits per heavy atom. The van der Waals surface area contributed by atoms with Gasteiger partial charge in [0.05, 0.1) is 14.1 Å². The van der Waals surface area contributed by atoms with Crippen molar-refractivity contribution in [3.8, 4) is 0 Å². The number of benzene rings is 1. The monoisotopic (exact) mass is 219 g/mol. The van der Waals surface area contributed by atoms with Crippen LogP contribution in [0.5, 0.6) is 0 Å². The first-order chi connectivity index (χ1) is 5.86. The van der Waals surface area contributed by atoms with Gasteiger partial charge in [-0.1, -0.05) is 18.2 Å². The van der Waals surface area contributed by atoms with Crippen LogP contribution >= 0.6 is 0 Å². The van der Waals surface area contributed by atoms with Crippen LogP contribution in [0, 0.1) is 0 Å². The standard InChI is InChI=1S/C8H11NO3S.H2O/c1-9(2,13(10,11)12)8-6-4-3-5-7-8;/h3-7H,1-2H3;1H2. The predicted molar refractivity (Wildman–Crippen MR) is 53.6 cm³/mol. The van der Waals surface area contributed by atoms with Crippen molar-refractivity contribution < 1.29 is 18.4 Å². The Bertz CT molecular complexity index is 385. The molecule has 0 atom stereocenters. The van der Waals surface area contributed by atoms with E-state index in [1.165, 1.54) is 14.1 Å². The maximum absolute atomic E-state index is 11.0. The molecule has 0 aliphatic rings. The van der Waals surface area contributed by atoms with Crippen molar-refractivity contribution in [3.63, 3.8) is 0 Å². The molecular formula is C8H13NO4S. The average molecular weight is 219 g/mol. The molecule has 0 spiro atoms. The molecule has 0 aliphatic heterocycles. The van der Waals surface area contributed by atoms with Gasteiger partial charge in [0.1, 0.15) is 5.69 Å². The van der Waals surface area contributed by atoms with E-state index in [9.17, 15) is 8.42 Å². The van der Waals surface area contributed by atoms with Crippen LogP contribution in [-0.4, -0.2) is 32.5 Å². The van der Waals surface area contributed by atoms with Crippen LogP contribution in [0.2, 0.25) is 0 Å². The second kappa shape index (κ2) is 4.05. The van der Waals surface area contributed by atoms with E-state index in [1.807, 2.05) is 0 Å². The van der Waals surface area contributed by atoms with Crippen LogP contribution in [0.25, 0.3) is 0 Å². The molecule has 0 unspecified atom stereocenters. The third-order valence-corrected chi connectivity index (χ3v) is 3.32. The van der Waals surface area contributed by atoms with Crippen LogP contribution in [0.4, 0.5) is 5.69 Å². The maximum atomic E-state index is 11.0. The number of nitrogens with zero attached hydrogens (tertiary/aromatic N) is 1. The largest absolute Gasteiger partial charge is 0.870 e. The third kappa shape index (κ3) is 2.30. The minimum Gasteiger partial charge on any atom is -0.870 e. The van der Waals surface area contributed by atoms with Gasteiger partial charge in [-0.15, -0.1) is 8.42 Å². The molecule has 14 heavy (non-hydrogen) atoms. The molecule has 5 nitrogen and oxygen atoms in total. The molecule has 1 aromatic rings. The smallest absolute Gasteiger partial charge is 0.437 e. The molecular weight excluding hydrogens is 206 g/mol. The van der Waals surface area contributed by atoms with Crippen LogP contribution in [0.1, 0.15) is 0 Å².